The molecule has 0 spiro atoms. The van der Waals surface area contributed by atoms with E-state index < -0.39 is 0 Å². The van der Waals surface area contributed by atoms with Crippen molar-refractivity contribution in [1.29, 1.82) is 0 Å². The molecule has 3 heterocycles. The van der Waals surface area contributed by atoms with Gasteiger partial charge >= 0.3 is 0 Å². The van der Waals surface area contributed by atoms with E-state index in [-0.39, 0.29) is 12.1 Å². The van der Waals surface area contributed by atoms with Gasteiger partial charge < -0.3 is 0 Å². The Kier molecular flexibility index (Phi) is 3.04. The third-order valence-electron chi connectivity index (χ3n) is 2.62. The lowest BCUT2D eigenvalue weighted by atomic mass is 10.4. The molecule has 3 aromatic rings. The molecule has 3 rings (SSSR count). The number of rotatable bonds is 2. The summed E-state index contributed by atoms with van der Waals surface area (Å²) in [6, 6.07) is 3.50. The van der Waals surface area contributed by atoms with Crippen molar-refractivity contribution < 1.29 is 0 Å². The van der Waals surface area contributed by atoms with Gasteiger partial charge in [-0.3, -0.25) is 9.36 Å². The molecule has 0 saturated heterocycles. The van der Waals surface area contributed by atoms with E-state index in [1.54, 1.807) is 6.07 Å². The Labute approximate surface area is 117 Å². The van der Waals surface area contributed by atoms with Gasteiger partial charge in [0.2, 0.25) is 0 Å². The molecule has 0 radical (unpaired) electrons. The van der Waals surface area contributed by atoms with Crippen molar-refractivity contribution in [3.05, 3.63) is 50.9 Å². The van der Waals surface area contributed by atoms with Crippen LogP contribution in [0.4, 0.5) is 0 Å². The molecule has 0 amide bonds. The fourth-order valence-corrected chi connectivity index (χ4v) is 2.85. The Bertz CT molecular complexity index is 791. The highest BCUT2D eigenvalue weighted by Gasteiger charge is 2.08. The number of aryl methyl sites for hydroxylation is 1. The van der Waals surface area contributed by atoms with Crippen LogP contribution in [0.5, 0.6) is 0 Å². The fraction of sp³-hybridized carbons (Fsp3) is 0.167. The van der Waals surface area contributed by atoms with Gasteiger partial charge in [-0.2, -0.15) is 0 Å². The molecule has 5 nitrogen and oxygen atoms in total. The Morgan fingerprint density at radius 2 is 2.26 bits per heavy atom. The third kappa shape index (κ3) is 2.36. The minimum Gasteiger partial charge on any atom is -0.290 e. The van der Waals surface area contributed by atoms with E-state index in [9.17, 15) is 4.79 Å². The van der Waals surface area contributed by atoms with Gasteiger partial charge in [0.1, 0.15) is 15.7 Å². The van der Waals surface area contributed by atoms with E-state index in [0.717, 1.165) is 11.2 Å². The topological polar surface area (TPSA) is 60.7 Å². The van der Waals surface area contributed by atoms with Crippen LogP contribution in [0.15, 0.2) is 28.6 Å². The Balaban J connectivity index is 2.05. The molecule has 0 aliphatic rings. The second kappa shape index (κ2) is 4.71. The maximum absolute atomic E-state index is 12.2. The van der Waals surface area contributed by atoms with E-state index in [0.29, 0.717) is 15.7 Å². The van der Waals surface area contributed by atoms with Crippen LogP contribution in [0.25, 0.3) is 10.2 Å². The van der Waals surface area contributed by atoms with E-state index in [2.05, 4.69) is 15.0 Å². The van der Waals surface area contributed by atoms with Crippen molar-refractivity contribution in [3.8, 4) is 0 Å². The second-order valence-corrected chi connectivity index (χ2v) is 5.36. The molecule has 7 heteroatoms. The van der Waals surface area contributed by atoms with Gasteiger partial charge in [0.25, 0.3) is 5.56 Å². The summed E-state index contributed by atoms with van der Waals surface area (Å²) in [5.74, 6) is 0.504. The predicted octanol–water partition coefficient (Wildman–Crippen LogP) is 2.26. The maximum atomic E-state index is 12.2. The highest BCUT2D eigenvalue weighted by Crippen LogP contribution is 2.13. The number of thiophene rings is 1. The predicted molar refractivity (Wildman–Crippen MR) is 74.8 cm³/mol. The number of nitrogens with zero attached hydrogens (tertiary/aromatic N) is 4. The molecule has 0 atom stereocenters. The Hall–Kier alpha value is -1.79. The largest absolute Gasteiger partial charge is 0.290 e. The first-order valence-electron chi connectivity index (χ1n) is 5.56. The molecule has 0 saturated carbocycles. The van der Waals surface area contributed by atoms with Crippen molar-refractivity contribution >= 4 is 33.2 Å². The molecule has 0 unspecified atom stereocenters. The maximum Gasteiger partial charge on any atom is 0.271 e. The van der Waals surface area contributed by atoms with Crippen LogP contribution in [-0.4, -0.2) is 19.5 Å². The Morgan fingerprint density at radius 3 is 3.05 bits per heavy atom. The van der Waals surface area contributed by atoms with Gasteiger partial charge in [-0.1, -0.05) is 11.6 Å². The smallest absolute Gasteiger partial charge is 0.271 e. The van der Waals surface area contributed by atoms with Crippen molar-refractivity contribution in [2.24, 2.45) is 0 Å². The summed E-state index contributed by atoms with van der Waals surface area (Å²) < 4.78 is 2.13. The van der Waals surface area contributed by atoms with Gasteiger partial charge in [0.15, 0.2) is 0 Å². The van der Waals surface area contributed by atoms with Crippen LogP contribution < -0.4 is 5.56 Å². The lowest BCUT2D eigenvalue weighted by Crippen LogP contribution is -2.21. The molecule has 0 aliphatic carbocycles. The van der Waals surface area contributed by atoms with Crippen molar-refractivity contribution in [2.45, 2.75) is 13.5 Å². The van der Waals surface area contributed by atoms with E-state index in [4.69, 9.17) is 11.6 Å². The quantitative estimate of drug-likeness (QED) is 0.680. The SMILES string of the molecule is Cc1cc(Cl)nc(Cn2cnc3ccsc3c2=O)n1. The zero-order valence-electron chi connectivity index (χ0n) is 10.00. The summed E-state index contributed by atoms with van der Waals surface area (Å²) in [4.78, 5) is 24.8. The highest BCUT2D eigenvalue weighted by molar-refractivity contribution is 7.17. The molecular formula is C12H9ClN4OS. The van der Waals surface area contributed by atoms with E-state index >= 15 is 0 Å². The van der Waals surface area contributed by atoms with Crippen LogP contribution in [0.3, 0.4) is 0 Å². The number of halogens is 1. The molecule has 0 aliphatic heterocycles. The summed E-state index contributed by atoms with van der Waals surface area (Å²) in [7, 11) is 0. The van der Waals surface area contributed by atoms with Crippen LogP contribution in [0.2, 0.25) is 5.15 Å². The average molecular weight is 293 g/mol. The van der Waals surface area contributed by atoms with Crippen molar-refractivity contribution in [3.63, 3.8) is 0 Å². The van der Waals surface area contributed by atoms with Crippen LogP contribution >= 0.6 is 22.9 Å². The minimum atomic E-state index is -0.0822. The van der Waals surface area contributed by atoms with Crippen molar-refractivity contribution in [2.75, 3.05) is 0 Å². The molecule has 3 aromatic heterocycles. The molecule has 96 valence electrons. The zero-order chi connectivity index (χ0) is 13.4. The standard InChI is InChI=1S/C12H9ClN4OS/c1-7-4-9(13)16-10(15-7)5-17-6-14-8-2-3-19-11(8)12(17)18/h2-4,6H,5H2,1H3. The average Bonchev–Trinajstić information content (AvgIpc) is 2.80. The first-order chi connectivity index (χ1) is 9.13. The number of fused-ring (bicyclic) bond motifs is 1. The van der Waals surface area contributed by atoms with E-state index in [1.807, 2.05) is 18.4 Å². The molecule has 0 N–H and O–H groups in total. The number of hydrogen-bond donors (Lipinski definition) is 0. The van der Waals surface area contributed by atoms with Gasteiger partial charge in [-0.15, -0.1) is 11.3 Å². The van der Waals surface area contributed by atoms with Crippen LogP contribution in [0.1, 0.15) is 11.5 Å². The minimum absolute atomic E-state index is 0.0822. The van der Waals surface area contributed by atoms with E-state index in [1.165, 1.54) is 22.2 Å². The van der Waals surface area contributed by atoms with Crippen LogP contribution in [-0.2, 0) is 6.54 Å². The zero-order valence-corrected chi connectivity index (χ0v) is 11.6. The normalized spacial score (nSPS) is 11.1. The molecular weight excluding hydrogens is 284 g/mol. The third-order valence-corrected chi connectivity index (χ3v) is 3.70. The monoisotopic (exact) mass is 292 g/mol. The van der Waals surface area contributed by atoms with Crippen molar-refractivity contribution in [1.82, 2.24) is 19.5 Å². The highest BCUT2D eigenvalue weighted by atomic mass is 35.5. The van der Waals surface area contributed by atoms with Gasteiger partial charge in [-0.25, -0.2) is 15.0 Å². The second-order valence-electron chi connectivity index (χ2n) is 4.06. The van der Waals surface area contributed by atoms with Crippen LogP contribution in [0, 0.1) is 6.92 Å². The lowest BCUT2D eigenvalue weighted by Gasteiger charge is -2.05. The number of aromatic nitrogens is 4. The lowest BCUT2D eigenvalue weighted by molar-refractivity contribution is 0.704. The van der Waals surface area contributed by atoms with Gasteiger partial charge in [-0.05, 0) is 24.4 Å². The fourth-order valence-electron chi connectivity index (χ4n) is 1.80. The molecule has 0 fully saturated rings. The summed E-state index contributed by atoms with van der Waals surface area (Å²) in [6.07, 6.45) is 1.51. The first kappa shape index (κ1) is 12.3. The summed E-state index contributed by atoms with van der Waals surface area (Å²) >= 11 is 7.26. The molecule has 19 heavy (non-hydrogen) atoms. The molecule has 0 aromatic carbocycles. The summed E-state index contributed by atoms with van der Waals surface area (Å²) in [5.41, 5.74) is 1.41. The first-order valence-corrected chi connectivity index (χ1v) is 6.82. The Morgan fingerprint density at radius 1 is 1.42 bits per heavy atom. The summed E-state index contributed by atoms with van der Waals surface area (Å²) in [6.45, 7) is 2.10. The number of hydrogen-bond acceptors (Lipinski definition) is 5. The van der Waals surface area contributed by atoms with Gasteiger partial charge in [0, 0.05) is 5.69 Å². The molecule has 0 bridgehead atoms. The summed E-state index contributed by atoms with van der Waals surface area (Å²) in [5, 5.41) is 2.23. The van der Waals surface area contributed by atoms with Gasteiger partial charge in [0.05, 0.1) is 18.4 Å².